The molecular formula is C12H14N2O4. The van der Waals surface area contributed by atoms with Crippen LogP contribution in [-0.4, -0.2) is 35.3 Å². The molecule has 0 aliphatic heterocycles. The minimum atomic E-state index is -1.28. The summed E-state index contributed by atoms with van der Waals surface area (Å²) in [6, 6.07) is 1.84. The van der Waals surface area contributed by atoms with Gasteiger partial charge < -0.3 is 10.1 Å². The second-order valence-electron chi connectivity index (χ2n) is 3.51. The molecule has 0 fully saturated rings. The summed E-state index contributed by atoms with van der Waals surface area (Å²) in [4.78, 5) is 38.3. The van der Waals surface area contributed by atoms with Gasteiger partial charge in [-0.1, -0.05) is 0 Å². The van der Waals surface area contributed by atoms with E-state index in [1.54, 1.807) is 13.0 Å². The Kier molecular flexibility index (Phi) is 4.98. The molecule has 0 spiro atoms. The average Bonchev–Trinajstić information content (AvgIpc) is 2.36. The zero-order chi connectivity index (χ0) is 13.5. The molecule has 6 heteroatoms. The Labute approximate surface area is 104 Å². The number of nitrogens with zero attached hydrogens (tertiary/aromatic N) is 1. The third-order valence-corrected chi connectivity index (χ3v) is 2.13. The van der Waals surface area contributed by atoms with Crippen LogP contribution in [0.5, 0.6) is 0 Å². The number of hydrogen-bond acceptors (Lipinski definition) is 5. The standard InChI is InChI=1S/C12H14N2O4/c1-3-18-12(17)10(8(2)15)14-11(16)9-5-4-6-13-7-9/h4-7,10H,3H2,1-2H3,(H,14,16). The van der Waals surface area contributed by atoms with Gasteiger partial charge >= 0.3 is 5.97 Å². The number of ketones is 1. The van der Waals surface area contributed by atoms with Crippen LogP contribution in [0.25, 0.3) is 0 Å². The first-order valence-electron chi connectivity index (χ1n) is 5.44. The molecule has 0 aromatic carbocycles. The van der Waals surface area contributed by atoms with Crippen molar-refractivity contribution in [2.75, 3.05) is 6.61 Å². The van der Waals surface area contributed by atoms with Crippen molar-refractivity contribution in [2.24, 2.45) is 0 Å². The van der Waals surface area contributed by atoms with Crippen molar-refractivity contribution >= 4 is 17.7 Å². The van der Waals surface area contributed by atoms with E-state index in [1.807, 2.05) is 0 Å². The Balaban J connectivity index is 2.76. The number of carbonyl (C=O) groups is 3. The molecule has 0 saturated heterocycles. The minimum absolute atomic E-state index is 0.144. The number of aromatic nitrogens is 1. The molecule has 1 rings (SSSR count). The highest BCUT2D eigenvalue weighted by atomic mass is 16.5. The van der Waals surface area contributed by atoms with Crippen molar-refractivity contribution < 1.29 is 19.1 Å². The third-order valence-electron chi connectivity index (χ3n) is 2.13. The van der Waals surface area contributed by atoms with Crippen LogP contribution in [0.15, 0.2) is 24.5 Å². The largest absolute Gasteiger partial charge is 0.464 e. The summed E-state index contributed by atoms with van der Waals surface area (Å²) in [5.41, 5.74) is 0.271. The molecule has 1 heterocycles. The number of ether oxygens (including phenoxy) is 1. The van der Waals surface area contributed by atoms with E-state index in [9.17, 15) is 14.4 Å². The number of carbonyl (C=O) groups excluding carboxylic acids is 3. The van der Waals surface area contributed by atoms with Gasteiger partial charge in [-0.15, -0.1) is 0 Å². The first-order valence-corrected chi connectivity index (χ1v) is 5.44. The maximum atomic E-state index is 11.8. The molecule has 1 N–H and O–H groups in total. The van der Waals surface area contributed by atoms with Gasteiger partial charge in [-0.2, -0.15) is 0 Å². The molecule has 0 bridgehead atoms. The highest BCUT2D eigenvalue weighted by Gasteiger charge is 2.26. The summed E-state index contributed by atoms with van der Waals surface area (Å²) in [5.74, 6) is -1.79. The molecular weight excluding hydrogens is 236 g/mol. The summed E-state index contributed by atoms with van der Waals surface area (Å²) < 4.78 is 4.71. The fourth-order valence-electron chi connectivity index (χ4n) is 1.26. The zero-order valence-corrected chi connectivity index (χ0v) is 10.2. The van der Waals surface area contributed by atoms with Crippen molar-refractivity contribution in [1.82, 2.24) is 10.3 Å². The lowest BCUT2D eigenvalue weighted by Gasteiger charge is -2.14. The average molecular weight is 250 g/mol. The quantitative estimate of drug-likeness (QED) is 0.601. The van der Waals surface area contributed by atoms with Gasteiger partial charge in [0.05, 0.1) is 12.2 Å². The van der Waals surface area contributed by atoms with Crippen LogP contribution in [0.1, 0.15) is 24.2 Å². The first-order chi connectivity index (χ1) is 8.56. The Hall–Kier alpha value is -2.24. The Morgan fingerprint density at radius 3 is 2.67 bits per heavy atom. The molecule has 96 valence electrons. The summed E-state index contributed by atoms with van der Waals surface area (Å²) >= 11 is 0. The highest BCUT2D eigenvalue weighted by molar-refractivity contribution is 6.07. The van der Waals surface area contributed by atoms with Gasteiger partial charge in [0.1, 0.15) is 0 Å². The van der Waals surface area contributed by atoms with Gasteiger partial charge in [-0.05, 0) is 26.0 Å². The number of amides is 1. The Morgan fingerprint density at radius 2 is 2.17 bits per heavy atom. The van der Waals surface area contributed by atoms with E-state index in [-0.39, 0.29) is 12.2 Å². The van der Waals surface area contributed by atoms with Gasteiger partial charge in [0.25, 0.3) is 5.91 Å². The SMILES string of the molecule is CCOC(=O)C(NC(=O)c1cccnc1)C(C)=O. The van der Waals surface area contributed by atoms with Crippen molar-refractivity contribution in [2.45, 2.75) is 19.9 Å². The van der Waals surface area contributed by atoms with E-state index >= 15 is 0 Å². The maximum absolute atomic E-state index is 11.8. The van der Waals surface area contributed by atoms with E-state index in [0.29, 0.717) is 0 Å². The molecule has 0 radical (unpaired) electrons. The third kappa shape index (κ3) is 3.65. The Morgan fingerprint density at radius 1 is 1.44 bits per heavy atom. The zero-order valence-electron chi connectivity index (χ0n) is 10.2. The minimum Gasteiger partial charge on any atom is -0.464 e. The number of esters is 1. The van der Waals surface area contributed by atoms with Crippen molar-refractivity contribution in [3.05, 3.63) is 30.1 Å². The lowest BCUT2D eigenvalue weighted by molar-refractivity contribution is -0.148. The summed E-state index contributed by atoms with van der Waals surface area (Å²) in [6.07, 6.45) is 2.86. The second kappa shape index (κ2) is 6.48. The van der Waals surface area contributed by atoms with Gasteiger partial charge in [-0.3, -0.25) is 14.6 Å². The second-order valence-corrected chi connectivity index (χ2v) is 3.51. The number of hydrogen-bond donors (Lipinski definition) is 1. The normalized spacial score (nSPS) is 11.4. The Bertz CT molecular complexity index is 445. The lowest BCUT2D eigenvalue weighted by atomic mass is 10.2. The molecule has 1 atom stereocenters. The first kappa shape index (κ1) is 13.8. The number of rotatable bonds is 5. The van der Waals surface area contributed by atoms with E-state index in [2.05, 4.69) is 10.3 Å². The van der Waals surface area contributed by atoms with Gasteiger partial charge in [0.15, 0.2) is 11.8 Å². The van der Waals surface area contributed by atoms with E-state index in [1.165, 1.54) is 25.4 Å². The molecule has 1 aromatic rings. The van der Waals surface area contributed by atoms with Gasteiger partial charge in [-0.25, -0.2) is 4.79 Å². The molecule has 1 unspecified atom stereocenters. The van der Waals surface area contributed by atoms with Crippen LogP contribution < -0.4 is 5.32 Å². The molecule has 0 aliphatic rings. The van der Waals surface area contributed by atoms with Crippen LogP contribution in [0, 0.1) is 0 Å². The summed E-state index contributed by atoms with van der Waals surface area (Å²) in [7, 11) is 0. The molecule has 1 aromatic heterocycles. The lowest BCUT2D eigenvalue weighted by Crippen LogP contribution is -2.46. The molecule has 1 amide bonds. The molecule has 0 saturated carbocycles. The van der Waals surface area contributed by atoms with Crippen molar-refractivity contribution in [3.63, 3.8) is 0 Å². The number of Topliss-reactive ketones (excluding diaryl/α,β-unsaturated/α-hetero) is 1. The molecule has 18 heavy (non-hydrogen) atoms. The smallest absolute Gasteiger partial charge is 0.336 e. The highest BCUT2D eigenvalue weighted by Crippen LogP contribution is 1.99. The number of nitrogens with one attached hydrogen (secondary N) is 1. The maximum Gasteiger partial charge on any atom is 0.336 e. The topological polar surface area (TPSA) is 85.4 Å². The molecule has 6 nitrogen and oxygen atoms in total. The van der Waals surface area contributed by atoms with E-state index < -0.39 is 23.7 Å². The predicted molar refractivity (Wildman–Crippen MR) is 62.8 cm³/mol. The number of pyridine rings is 1. The van der Waals surface area contributed by atoms with Crippen molar-refractivity contribution in [3.8, 4) is 0 Å². The molecule has 0 aliphatic carbocycles. The van der Waals surface area contributed by atoms with Crippen LogP contribution in [0.2, 0.25) is 0 Å². The van der Waals surface area contributed by atoms with Crippen LogP contribution in [0.4, 0.5) is 0 Å². The van der Waals surface area contributed by atoms with Gasteiger partial charge in [0.2, 0.25) is 0 Å². The fraction of sp³-hybridized carbons (Fsp3) is 0.333. The predicted octanol–water partition coefficient (Wildman–Crippen LogP) is 0.332. The summed E-state index contributed by atoms with van der Waals surface area (Å²) in [6.45, 7) is 2.98. The van der Waals surface area contributed by atoms with Crippen LogP contribution >= 0.6 is 0 Å². The van der Waals surface area contributed by atoms with Crippen LogP contribution in [-0.2, 0) is 14.3 Å². The fourth-order valence-corrected chi connectivity index (χ4v) is 1.26. The van der Waals surface area contributed by atoms with E-state index in [4.69, 9.17) is 4.74 Å². The monoisotopic (exact) mass is 250 g/mol. The van der Waals surface area contributed by atoms with Gasteiger partial charge in [0, 0.05) is 12.4 Å². The van der Waals surface area contributed by atoms with E-state index in [0.717, 1.165) is 0 Å². The van der Waals surface area contributed by atoms with Crippen LogP contribution in [0.3, 0.4) is 0 Å². The summed E-state index contributed by atoms with van der Waals surface area (Å²) in [5, 5.41) is 2.31. The van der Waals surface area contributed by atoms with Crippen molar-refractivity contribution in [1.29, 1.82) is 0 Å².